The van der Waals surface area contributed by atoms with Crippen molar-refractivity contribution in [3.63, 3.8) is 0 Å². The number of nitrogens with one attached hydrogen (secondary N) is 1. The highest BCUT2D eigenvalue weighted by molar-refractivity contribution is 9.10. The molecule has 0 amide bonds. The summed E-state index contributed by atoms with van der Waals surface area (Å²) in [5, 5.41) is 0. The van der Waals surface area contributed by atoms with Crippen molar-refractivity contribution in [3.8, 4) is 11.4 Å². The third kappa shape index (κ3) is 2.00. The molecule has 1 aromatic heterocycles. The summed E-state index contributed by atoms with van der Waals surface area (Å²) in [5.74, 6) is 0.874. The molecule has 2 rings (SSSR count). The van der Waals surface area contributed by atoms with Crippen LogP contribution in [0.15, 0.2) is 39.5 Å². The third-order valence-corrected chi connectivity index (χ3v) is 2.59. The zero-order valence-corrected chi connectivity index (χ0v) is 9.76. The van der Waals surface area contributed by atoms with Crippen LogP contribution in [0.25, 0.3) is 11.4 Å². The zero-order valence-electron chi connectivity index (χ0n) is 6.59. The second-order valence-corrected chi connectivity index (χ2v) is 4.36. The van der Waals surface area contributed by atoms with Gasteiger partial charge in [0, 0.05) is 10.0 Å². The monoisotopic (exact) mass is 300 g/mol. The number of hydrogen-bond donors (Lipinski definition) is 1. The quantitative estimate of drug-likeness (QED) is 0.856. The minimum atomic E-state index is 0.874. The van der Waals surface area contributed by atoms with Crippen molar-refractivity contribution in [2.75, 3.05) is 0 Å². The van der Waals surface area contributed by atoms with Gasteiger partial charge in [-0.05, 0) is 28.1 Å². The van der Waals surface area contributed by atoms with Crippen LogP contribution in [0.5, 0.6) is 0 Å². The van der Waals surface area contributed by atoms with E-state index in [0.717, 1.165) is 20.5 Å². The fraction of sp³-hybridized carbons (Fsp3) is 0. The molecule has 1 aromatic carbocycles. The Morgan fingerprint density at radius 1 is 1.08 bits per heavy atom. The van der Waals surface area contributed by atoms with Crippen LogP contribution in [0.4, 0.5) is 0 Å². The first-order chi connectivity index (χ1) is 6.25. The molecule has 4 heteroatoms. The first-order valence-corrected chi connectivity index (χ1v) is 5.31. The van der Waals surface area contributed by atoms with E-state index in [9.17, 15) is 0 Å². The normalized spacial score (nSPS) is 10.3. The number of nitrogens with zero attached hydrogens (tertiary/aromatic N) is 1. The third-order valence-electron chi connectivity index (χ3n) is 1.66. The molecule has 0 aliphatic rings. The van der Waals surface area contributed by atoms with Crippen LogP contribution in [-0.2, 0) is 0 Å². The topological polar surface area (TPSA) is 28.7 Å². The highest BCUT2D eigenvalue weighted by Gasteiger charge is 2.00. The summed E-state index contributed by atoms with van der Waals surface area (Å²) >= 11 is 6.70. The highest BCUT2D eigenvalue weighted by atomic mass is 79.9. The molecule has 0 fully saturated rings. The Morgan fingerprint density at radius 3 is 2.31 bits per heavy atom. The number of benzene rings is 1. The lowest BCUT2D eigenvalue weighted by molar-refractivity contribution is 1.30. The second kappa shape index (κ2) is 3.64. The van der Waals surface area contributed by atoms with Gasteiger partial charge in [-0.3, -0.25) is 0 Å². The van der Waals surface area contributed by atoms with Crippen LogP contribution in [0.1, 0.15) is 0 Å². The van der Waals surface area contributed by atoms with Crippen LogP contribution in [0.2, 0.25) is 0 Å². The van der Waals surface area contributed by atoms with Gasteiger partial charge in [-0.15, -0.1) is 0 Å². The summed E-state index contributed by atoms with van der Waals surface area (Å²) in [4.78, 5) is 7.30. The molecule has 0 bridgehead atoms. The Hall–Kier alpha value is -0.610. The van der Waals surface area contributed by atoms with E-state index in [4.69, 9.17) is 0 Å². The average Bonchev–Trinajstić information content (AvgIpc) is 2.53. The number of imidazole rings is 1. The molecule has 0 saturated carbocycles. The van der Waals surface area contributed by atoms with Gasteiger partial charge in [0.1, 0.15) is 10.4 Å². The van der Waals surface area contributed by atoms with Crippen molar-refractivity contribution in [2.45, 2.75) is 0 Å². The minimum Gasteiger partial charge on any atom is -0.333 e. The number of aromatic amines is 1. The number of rotatable bonds is 1. The molecular formula is C9H6Br2N2. The first kappa shape index (κ1) is 8.97. The summed E-state index contributed by atoms with van der Waals surface area (Å²) in [6.07, 6.45) is 1.75. The molecule has 2 aromatic rings. The Bertz CT molecular complexity index is 406. The summed E-state index contributed by atoms with van der Waals surface area (Å²) in [6, 6.07) is 8.00. The molecule has 0 saturated heterocycles. The van der Waals surface area contributed by atoms with Crippen molar-refractivity contribution in [1.29, 1.82) is 0 Å². The van der Waals surface area contributed by atoms with Gasteiger partial charge in [0.2, 0.25) is 0 Å². The summed E-state index contributed by atoms with van der Waals surface area (Å²) in [5.41, 5.74) is 1.08. The van der Waals surface area contributed by atoms with E-state index >= 15 is 0 Å². The largest absolute Gasteiger partial charge is 0.333 e. The summed E-state index contributed by atoms with van der Waals surface area (Å²) < 4.78 is 1.97. The fourth-order valence-electron chi connectivity index (χ4n) is 1.05. The van der Waals surface area contributed by atoms with Crippen molar-refractivity contribution < 1.29 is 0 Å². The van der Waals surface area contributed by atoms with Gasteiger partial charge in [0.15, 0.2) is 0 Å². The number of hydrogen-bond acceptors (Lipinski definition) is 1. The van der Waals surface area contributed by atoms with Crippen molar-refractivity contribution in [2.24, 2.45) is 0 Å². The molecule has 13 heavy (non-hydrogen) atoms. The van der Waals surface area contributed by atoms with Gasteiger partial charge < -0.3 is 4.98 Å². The number of aromatic nitrogens is 2. The zero-order chi connectivity index (χ0) is 9.26. The van der Waals surface area contributed by atoms with Gasteiger partial charge in [-0.25, -0.2) is 4.98 Å². The number of H-pyrrole nitrogens is 1. The van der Waals surface area contributed by atoms with Gasteiger partial charge in [-0.1, -0.05) is 28.1 Å². The SMILES string of the molecule is Brc1ccc(-c2ncc(Br)[nH]2)cc1. The fourth-order valence-corrected chi connectivity index (χ4v) is 1.61. The molecule has 0 atom stereocenters. The summed E-state index contributed by atoms with van der Waals surface area (Å²) in [6.45, 7) is 0. The molecule has 0 aliphatic carbocycles. The maximum atomic E-state index is 4.20. The van der Waals surface area contributed by atoms with E-state index in [1.54, 1.807) is 6.20 Å². The average molecular weight is 302 g/mol. The van der Waals surface area contributed by atoms with E-state index in [1.807, 2.05) is 24.3 Å². The number of halogens is 2. The van der Waals surface area contributed by atoms with Crippen LogP contribution < -0.4 is 0 Å². The summed E-state index contributed by atoms with van der Waals surface area (Å²) in [7, 11) is 0. The van der Waals surface area contributed by atoms with Gasteiger partial charge in [-0.2, -0.15) is 0 Å². The van der Waals surface area contributed by atoms with Crippen LogP contribution in [-0.4, -0.2) is 9.97 Å². The molecule has 0 unspecified atom stereocenters. The van der Waals surface area contributed by atoms with Crippen LogP contribution in [0, 0.1) is 0 Å². The van der Waals surface area contributed by atoms with Crippen LogP contribution in [0.3, 0.4) is 0 Å². The van der Waals surface area contributed by atoms with Gasteiger partial charge >= 0.3 is 0 Å². The molecule has 1 heterocycles. The van der Waals surface area contributed by atoms with E-state index < -0.39 is 0 Å². The van der Waals surface area contributed by atoms with Gasteiger partial charge in [0.25, 0.3) is 0 Å². The Kier molecular flexibility index (Phi) is 2.51. The molecule has 1 N–H and O–H groups in total. The smallest absolute Gasteiger partial charge is 0.138 e. The lowest BCUT2D eigenvalue weighted by Crippen LogP contribution is -1.78. The maximum Gasteiger partial charge on any atom is 0.138 e. The molecule has 0 aliphatic heterocycles. The molecule has 2 nitrogen and oxygen atoms in total. The van der Waals surface area contributed by atoms with Crippen molar-refractivity contribution in [1.82, 2.24) is 9.97 Å². The molecular weight excluding hydrogens is 296 g/mol. The Labute approximate surface area is 92.7 Å². The molecule has 0 radical (unpaired) electrons. The van der Waals surface area contributed by atoms with E-state index in [2.05, 4.69) is 41.8 Å². The lowest BCUT2D eigenvalue weighted by atomic mass is 10.2. The highest BCUT2D eigenvalue weighted by Crippen LogP contribution is 2.20. The Balaban J connectivity index is 2.41. The lowest BCUT2D eigenvalue weighted by Gasteiger charge is -1.95. The van der Waals surface area contributed by atoms with Gasteiger partial charge in [0.05, 0.1) is 6.20 Å². The minimum absolute atomic E-state index is 0.874. The van der Waals surface area contributed by atoms with E-state index in [1.165, 1.54) is 0 Å². The van der Waals surface area contributed by atoms with E-state index in [-0.39, 0.29) is 0 Å². The molecule has 0 spiro atoms. The first-order valence-electron chi connectivity index (χ1n) is 3.72. The van der Waals surface area contributed by atoms with Crippen LogP contribution >= 0.6 is 31.9 Å². The van der Waals surface area contributed by atoms with Crippen molar-refractivity contribution >= 4 is 31.9 Å². The predicted molar refractivity (Wildman–Crippen MR) is 59.4 cm³/mol. The van der Waals surface area contributed by atoms with E-state index in [0.29, 0.717) is 0 Å². The predicted octanol–water partition coefficient (Wildman–Crippen LogP) is 3.60. The standard InChI is InChI=1S/C9H6Br2N2/c10-7-3-1-6(2-4-7)9-12-5-8(11)13-9/h1-5H,(H,12,13). The van der Waals surface area contributed by atoms with Crippen molar-refractivity contribution in [3.05, 3.63) is 39.5 Å². The molecule has 66 valence electrons. The Morgan fingerprint density at radius 2 is 1.77 bits per heavy atom. The second-order valence-electron chi connectivity index (χ2n) is 2.59. The maximum absolute atomic E-state index is 4.20.